The molecule has 0 bridgehead atoms. The summed E-state index contributed by atoms with van der Waals surface area (Å²) in [5, 5.41) is 14.9. The van der Waals surface area contributed by atoms with E-state index in [1.165, 1.54) is 30.3 Å². The maximum atomic E-state index is 13.2. The van der Waals surface area contributed by atoms with Crippen molar-refractivity contribution in [1.29, 1.82) is 5.26 Å². The number of ether oxygens (including phenoxy) is 5. The first-order valence-corrected chi connectivity index (χ1v) is 14.8. The van der Waals surface area contributed by atoms with Gasteiger partial charge in [-0.3, -0.25) is 9.59 Å². The molecule has 1 aromatic carbocycles. The van der Waals surface area contributed by atoms with E-state index in [0.29, 0.717) is 91.3 Å². The molecule has 0 unspecified atom stereocenters. The van der Waals surface area contributed by atoms with Crippen molar-refractivity contribution in [3.8, 4) is 6.07 Å². The van der Waals surface area contributed by atoms with Crippen LogP contribution in [0.1, 0.15) is 19.4 Å². The topological polar surface area (TPSA) is 148 Å². The molecule has 1 fully saturated rings. The summed E-state index contributed by atoms with van der Waals surface area (Å²) in [4.78, 5) is 37.6. The zero-order valence-electron chi connectivity index (χ0n) is 25.9. The van der Waals surface area contributed by atoms with Gasteiger partial charge in [-0.25, -0.2) is 4.39 Å². The first-order valence-electron chi connectivity index (χ1n) is 14.8. The van der Waals surface area contributed by atoms with Crippen molar-refractivity contribution < 1.29 is 81.1 Å². The van der Waals surface area contributed by atoms with Crippen molar-refractivity contribution in [3.05, 3.63) is 41.2 Å². The van der Waals surface area contributed by atoms with Crippen molar-refractivity contribution in [2.75, 3.05) is 92.2 Å². The Morgan fingerprint density at radius 1 is 0.933 bits per heavy atom. The Morgan fingerprint density at radius 3 is 1.93 bits per heavy atom. The molecule has 0 aliphatic carbocycles. The molecule has 2 N–H and O–H groups in total. The Labute approximate surface area is 295 Å². The molecule has 1 radical (unpaired) electrons. The molecule has 0 aromatic heterocycles. The minimum atomic E-state index is -0.443. The Balaban J connectivity index is 0.0000101. The van der Waals surface area contributed by atoms with Gasteiger partial charge in [0, 0.05) is 64.8 Å². The molecule has 0 spiro atoms. The van der Waals surface area contributed by atoms with Gasteiger partial charge in [0.1, 0.15) is 17.5 Å². The summed E-state index contributed by atoms with van der Waals surface area (Å²) in [5.41, 5.74) is 0.486. The Morgan fingerprint density at radius 2 is 1.44 bits per heavy atom. The standard InChI is InChI=1S/C31H44FN4O8.Tb/c1-24(2)28-21-36(31(39)26(20-33)19-25-3-5-27(32)6-4-25)22-29(28)30(38)35-8-10-41-12-14-43-16-18-44-17-15-42-13-11-40-9-7-34-23-37;/h3-6,19,24,28-29H,7-18,21-22H2,1-2H3,(H,34,37)(H,35,38);/q-1;/b26-19+;/t28-,29+;/m0./s1. The molecular weight excluding hydrogens is 734 g/mol. The van der Waals surface area contributed by atoms with Crippen LogP contribution in [-0.4, -0.2) is 115 Å². The van der Waals surface area contributed by atoms with E-state index in [9.17, 15) is 24.0 Å². The van der Waals surface area contributed by atoms with Gasteiger partial charge in [-0.2, -0.15) is 11.7 Å². The van der Waals surface area contributed by atoms with E-state index in [2.05, 4.69) is 10.6 Å². The third kappa shape index (κ3) is 16.8. The third-order valence-corrected chi connectivity index (χ3v) is 6.85. The fourth-order valence-corrected chi connectivity index (χ4v) is 4.52. The minimum absolute atomic E-state index is 0. The van der Waals surface area contributed by atoms with Gasteiger partial charge in [-0.15, -0.1) is 0 Å². The molecule has 1 aliphatic rings. The van der Waals surface area contributed by atoms with Crippen LogP contribution >= 0.6 is 0 Å². The van der Waals surface area contributed by atoms with E-state index in [1.54, 1.807) is 11.3 Å². The summed E-state index contributed by atoms with van der Waals surface area (Å²) in [6.45, 7) is 9.48. The predicted octanol–water partition coefficient (Wildman–Crippen LogP) is 1.32. The third-order valence-electron chi connectivity index (χ3n) is 6.85. The summed E-state index contributed by atoms with van der Waals surface area (Å²) in [5.74, 6) is -1.30. The molecule has 45 heavy (non-hydrogen) atoms. The number of nitrogens with one attached hydrogen (secondary N) is 2. The number of rotatable bonds is 23. The van der Waals surface area contributed by atoms with E-state index >= 15 is 0 Å². The van der Waals surface area contributed by atoms with Crippen LogP contribution in [0.2, 0.25) is 0 Å². The van der Waals surface area contributed by atoms with Crippen LogP contribution in [0.4, 0.5) is 4.39 Å². The minimum Gasteiger partial charge on any atom is -0.528 e. The average Bonchev–Trinajstić information content (AvgIpc) is 3.48. The van der Waals surface area contributed by atoms with E-state index in [0.717, 1.165) is 0 Å². The first-order chi connectivity index (χ1) is 21.4. The van der Waals surface area contributed by atoms with Crippen molar-refractivity contribution >= 4 is 24.3 Å². The summed E-state index contributed by atoms with van der Waals surface area (Å²) in [6, 6.07) is 7.47. The van der Waals surface area contributed by atoms with Gasteiger partial charge in [0.2, 0.25) is 5.91 Å². The Kier molecular flexibility index (Phi) is 22.7. The summed E-state index contributed by atoms with van der Waals surface area (Å²) in [7, 11) is 0. The zero-order chi connectivity index (χ0) is 32.0. The van der Waals surface area contributed by atoms with Crippen molar-refractivity contribution in [2.24, 2.45) is 17.8 Å². The van der Waals surface area contributed by atoms with Gasteiger partial charge in [-0.05, 0) is 35.6 Å². The number of nitriles is 1. The molecule has 1 aromatic rings. The van der Waals surface area contributed by atoms with Gasteiger partial charge in [0.25, 0.3) is 5.91 Å². The number of benzene rings is 1. The fraction of sp³-hybridized carbons (Fsp3) is 0.613. The normalized spacial score (nSPS) is 16.2. The molecule has 1 aliphatic heterocycles. The van der Waals surface area contributed by atoms with Crippen LogP contribution < -0.4 is 10.6 Å². The summed E-state index contributed by atoms with van der Waals surface area (Å²) < 4.78 is 40.2. The molecule has 2 atom stereocenters. The van der Waals surface area contributed by atoms with E-state index in [1.807, 2.05) is 19.9 Å². The number of carbonyl (C=O) groups is 2. The number of carbonyl (C=O) groups excluding carboxylic acids is 3. The van der Waals surface area contributed by atoms with Crippen LogP contribution in [-0.2, 0) is 38.1 Å². The fourth-order valence-electron chi connectivity index (χ4n) is 4.52. The largest absolute Gasteiger partial charge is 0.528 e. The van der Waals surface area contributed by atoms with Crippen LogP contribution in [0.25, 0.3) is 6.08 Å². The van der Waals surface area contributed by atoms with Crippen LogP contribution in [0.3, 0.4) is 0 Å². The van der Waals surface area contributed by atoms with Crippen molar-refractivity contribution in [3.63, 3.8) is 0 Å². The first kappa shape index (κ1) is 40.9. The van der Waals surface area contributed by atoms with Gasteiger partial charge >= 0.3 is 0 Å². The molecule has 2 rings (SSSR count). The number of amides is 3. The number of halogens is 1. The van der Waals surface area contributed by atoms with E-state index in [-0.39, 0.29) is 68.5 Å². The van der Waals surface area contributed by atoms with Gasteiger partial charge in [-0.1, -0.05) is 26.0 Å². The molecule has 0 saturated carbocycles. The SMILES string of the molecule is CC(C)[C@@H]1CN(C(=O)/C(C#N)=C/c2ccc(F)cc2)C[C@H]1C(=O)NCCOCCOCCOCCOCCOCCN[C-]=O.[Tb]. The Bertz CT molecular complexity index is 1070. The number of likely N-dealkylation sites (tertiary alicyclic amines) is 1. The van der Waals surface area contributed by atoms with Crippen LogP contribution in [0.15, 0.2) is 29.8 Å². The predicted molar refractivity (Wildman–Crippen MR) is 159 cm³/mol. The Hall–Kier alpha value is -2.12. The second kappa shape index (κ2) is 25.0. The molecular formula is C31H44FN4O8Tb-. The molecule has 1 heterocycles. The summed E-state index contributed by atoms with van der Waals surface area (Å²) >= 11 is 0. The number of hydrogen-bond donors (Lipinski definition) is 2. The van der Waals surface area contributed by atoms with Gasteiger partial charge in [0.05, 0.1) is 72.0 Å². The van der Waals surface area contributed by atoms with Gasteiger partial charge in [0.15, 0.2) is 0 Å². The quantitative estimate of drug-likeness (QED) is 0.0552. The zero-order valence-corrected chi connectivity index (χ0v) is 28.0. The molecule has 253 valence electrons. The number of hydrogen-bond acceptors (Lipinski definition) is 9. The van der Waals surface area contributed by atoms with Crippen molar-refractivity contribution in [1.82, 2.24) is 15.5 Å². The molecule has 1 saturated heterocycles. The molecule has 12 nitrogen and oxygen atoms in total. The van der Waals surface area contributed by atoms with Crippen molar-refractivity contribution in [2.45, 2.75) is 13.8 Å². The van der Waals surface area contributed by atoms with E-state index < -0.39 is 17.6 Å². The van der Waals surface area contributed by atoms with E-state index in [4.69, 9.17) is 23.7 Å². The second-order valence-corrected chi connectivity index (χ2v) is 10.3. The van der Waals surface area contributed by atoms with Gasteiger partial charge < -0.3 is 44.0 Å². The van der Waals surface area contributed by atoms with Crippen LogP contribution in [0, 0.1) is 73.5 Å². The summed E-state index contributed by atoms with van der Waals surface area (Å²) in [6.07, 6.45) is 3.00. The smallest absolute Gasteiger partial charge is 0.264 e. The van der Waals surface area contributed by atoms with Crippen LogP contribution in [0.5, 0.6) is 0 Å². The molecule has 3 amide bonds. The monoisotopic (exact) mass is 778 g/mol. The second-order valence-electron chi connectivity index (χ2n) is 10.3. The maximum Gasteiger partial charge on any atom is 0.264 e. The average molecular weight is 779 g/mol. The number of nitrogens with zero attached hydrogens (tertiary/aromatic N) is 2. The molecule has 14 heteroatoms. The maximum absolute atomic E-state index is 13.2.